The Morgan fingerprint density at radius 2 is 2.30 bits per heavy atom. The molecule has 2 aliphatic rings. The molecular weight excluding hydrogens is 310 g/mol. The quantitative estimate of drug-likeness (QED) is 0.925. The van der Waals surface area contributed by atoms with Crippen LogP contribution in [-0.2, 0) is 11.3 Å². The van der Waals surface area contributed by atoms with E-state index < -0.39 is 0 Å². The summed E-state index contributed by atoms with van der Waals surface area (Å²) in [6, 6.07) is 2.12. The number of rotatable bonds is 4. The Labute approximate surface area is 139 Å². The van der Waals surface area contributed by atoms with Gasteiger partial charge in [-0.2, -0.15) is 0 Å². The molecule has 0 bridgehead atoms. The van der Waals surface area contributed by atoms with Crippen LogP contribution in [0.4, 0.5) is 5.95 Å². The maximum atomic E-state index is 6.18. The highest BCUT2D eigenvalue weighted by atomic mass is 32.1. The lowest BCUT2D eigenvalue weighted by Crippen LogP contribution is -2.33. The zero-order valence-corrected chi connectivity index (χ0v) is 14.1. The van der Waals surface area contributed by atoms with Gasteiger partial charge in [-0.1, -0.05) is 0 Å². The third kappa shape index (κ3) is 3.36. The fraction of sp³-hybridized carbons (Fsp3) is 0.562. The van der Waals surface area contributed by atoms with Gasteiger partial charge in [0.2, 0.25) is 5.95 Å². The highest BCUT2D eigenvalue weighted by Crippen LogP contribution is 2.36. The van der Waals surface area contributed by atoms with Gasteiger partial charge in [-0.25, -0.2) is 15.0 Å². The fourth-order valence-electron chi connectivity index (χ4n) is 3.55. The van der Waals surface area contributed by atoms with Crippen LogP contribution in [0.2, 0.25) is 0 Å². The van der Waals surface area contributed by atoms with Crippen molar-refractivity contribution in [2.45, 2.75) is 38.0 Å². The minimum absolute atomic E-state index is 0.0164. The summed E-state index contributed by atoms with van der Waals surface area (Å²) in [6.45, 7) is 5.77. The highest BCUT2D eigenvalue weighted by molar-refractivity contribution is 7.09. The van der Waals surface area contributed by atoms with Gasteiger partial charge in [0, 0.05) is 43.8 Å². The molecule has 7 heteroatoms. The molecule has 2 aromatic heterocycles. The van der Waals surface area contributed by atoms with E-state index in [1.807, 2.05) is 6.07 Å². The van der Waals surface area contributed by atoms with E-state index >= 15 is 0 Å². The molecular formula is C16H21N5OS. The minimum atomic E-state index is -0.0164. The Morgan fingerprint density at radius 3 is 3.09 bits per heavy atom. The van der Waals surface area contributed by atoms with E-state index in [1.165, 1.54) is 5.69 Å². The Bertz CT molecular complexity index is 664. The van der Waals surface area contributed by atoms with Gasteiger partial charge in [0.25, 0.3) is 0 Å². The molecule has 6 nitrogen and oxygen atoms in total. The fourth-order valence-corrected chi connectivity index (χ4v) is 4.15. The predicted octanol–water partition coefficient (Wildman–Crippen LogP) is 2.09. The second-order valence-electron chi connectivity index (χ2n) is 6.43. The zero-order chi connectivity index (χ0) is 15.7. The van der Waals surface area contributed by atoms with Crippen LogP contribution in [0.1, 0.15) is 23.5 Å². The molecule has 0 unspecified atom stereocenters. The van der Waals surface area contributed by atoms with Crippen LogP contribution in [0.15, 0.2) is 23.8 Å². The van der Waals surface area contributed by atoms with Gasteiger partial charge in [-0.05, 0) is 19.4 Å². The molecule has 4 rings (SSSR count). The van der Waals surface area contributed by atoms with Crippen molar-refractivity contribution in [1.82, 2.24) is 19.9 Å². The minimum Gasteiger partial charge on any atom is -0.371 e. The summed E-state index contributed by atoms with van der Waals surface area (Å²) in [6.07, 6.45) is 5.61. The summed E-state index contributed by atoms with van der Waals surface area (Å²) < 4.78 is 6.18. The van der Waals surface area contributed by atoms with Crippen molar-refractivity contribution >= 4 is 17.3 Å². The van der Waals surface area contributed by atoms with E-state index in [0.717, 1.165) is 44.1 Å². The molecule has 1 N–H and O–H groups in total. The zero-order valence-electron chi connectivity index (χ0n) is 13.2. The Hall–Kier alpha value is -1.57. The van der Waals surface area contributed by atoms with Crippen molar-refractivity contribution in [2.24, 2.45) is 0 Å². The van der Waals surface area contributed by atoms with E-state index in [4.69, 9.17) is 4.74 Å². The van der Waals surface area contributed by atoms with E-state index in [-0.39, 0.29) is 5.60 Å². The number of anilines is 1. The summed E-state index contributed by atoms with van der Waals surface area (Å²) in [5.74, 6) is 0.686. The second kappa shape index (κ2) is 6.14. The lowest BCUT2D eigenvalue weighted by Gasteiger charge is -2.23. The molecule has 4 heterocycles. The molecule has 2 aliphatic heterocycles. The molecule has 0 aromatic carbocycles. The van der Waals surface area contributed by atoms with E-state index in [9.17, 15) is 0 Å². The van der Waals surface area contributed by atoms with Gasteiger partial charge < -0.3 is 10.1 Å². The lowest BCUT2D eigenvalue weighted by molar-refractivity contribution is 0.0119. The van der Waals surface area contributed by atoms with Crippen molar-refractivity contribution in [1.29, 1.82) is 0 Å². The molecule has 2 aromatic rings. The maximum Gasteiger partial charge on any atom is 0.222 e. The molecule has 23 heavy (non-hydrogen) atoms. The molecule has 0 aliphatic carbocycles. The summed E-state index contributed by atoms with van der Waals surface area (Å²) in [5, 5.41) is 6.68. The molecule has 2 atom stereocenters. The number of thiazole rings is 1. The van der Waals surface area contributed by atoms with Crippen molar-refractivity contribution in [2.75, 3.05) is 25.0 Å². The van der Waals surface area contributed by atoms with Gasteiger partial charge in [-0.15, -0.1) is 11.3 Å². The third-order valence-corrected chi connectivity index (χ3v) is 5.38. The standard InChI is InChI=1S/C16H21N5OS/c1-12-19-14(10-23-12)8-21-6-3-16(11-21)7-13(9-22-16)20-15-17-4-2-5-18-15/h2,4-5,10,13H,3,6-9,11H2,1H3,(H,17,18,20)/t13-,16-/m1/s1. The van der Waals surface area contributed by atoms with Gasteiger partial charge >= 0.3 is 0 Å². The van der Waals surface area contributed by atoms with Crippen molar-refractivity contribution in [3.8, 4) is 0 Å². The number of likely N-dealkylation sites (tertiary alicyclic amines) is 1. The molecule has 0 saturated carbocycles. The summed E-state index contributed by atoms with van der Waals surface area (Å²) in [4.78, 5) is 15.5. The van der Waals surface area contributed by atoms with E-state index in [0.29, 0.717) is 12.0 Å². The first-order valence-corrected chi connectivity index (χ1v) is 8.90. The number of aromatic nitrogens is 3. The van der Waals surface area contributed by atoms with Crippen LogP contribution in [0.3, 0.4) is 0 Å². The Balaban J connectivity index is 1.34. The predicted molar refractivity (Wildman–Crippen MR) is 89.5 cm³/mol. The van der Waals surface area contributed by atoms with Gasteiger partial charge in [0.05, 0.1) is 29.0 Å². The average Bonchev–Trinajstić information content (AvgIpc) is 3.24. The number of nitrogens with one attached hydrogen (secondary N) is 1. The largest absolute Gasteiger partial charge is 0.371 e. The first kappa shape index (κ1) is 15.0. The topological polar surface area (TPSA) is 63.2 Å². The first-order chi connectivity index (χ1) is 11.2. The molecule has 0 amide bonds. The van der Waals surface area contributed by atoms with Crippen LogP contribution >= 0.6 is 11.3 Å². The van der Waals surface area contributed by atoms with Crippen LogP contribution in [0, 0.1) is 6.92 Å². The lowest BCUT2D eigenvalue weighted by atomic mass is 9.97. The molecule has 0 radical (unpaired) electrons. The number of nitrogens with zero attached hydrogens (tertiary/aromatic N) is 4. The van der Waals surface area contributed by atoms with Crippen molar-refractivity contribution in [3.05, 3.63) is 34.5 Å². The van der Waals surface area contributed by atoms with Crippen LogP contribution < -0.4 is 5.32 Å². The van der Waals surface area contributed by atoms with Gasteiger partial charge in [0.1, 0.15) is 0 Å². The van der Waals surface area contributed by atoms with Crippen molar-refractivity contribution < 1.29 is 4.74 Å². The maximum absolute atomic E-state index is 6.18. The SMILES string of the molecule is Cc1nc(CN2CC[C@@]3(C[C@@H](Nc4ncccn4)CO3)C2)cs1. The third-order valence-electron chi connectivity index (χ3n) is 4.56. The van der Waals surface area contributed by atoms with Crippen LogP contribution in [0.5, 0.6) is 0 Å². The molecule has 2 saturated heterocycles. The number of ether oxygens (including phenoxy) is 1. The number of aryl methyl sites for hydroxylation is 1. The molecule has 122 valence electrons. The monoisotopic (exact) mass is 331 g/mol. The highest BCUT2D eigenvalue weighted by Gasteiger charge is 2.45. The summed E-state index contributed by atoms with van der Waals surface area (Å²) in [5.41, 5.74) is 1.16. The average molecular weight is 331 g/mol. The molecule has 1 spiro atoms. The van der Waals surface area contributed by atoms with E-state index in [2.05, 4.69) is 37.5 Å². The second-order valence-corrected chi connectivity index (χ2v) is 7.49. The number of hydrogen-bond acceptors (Lipinski definition) is 7. The number of hydrogen-bond donors (Lipinski definition) is 1. The van der Waals surface area contributed by atoms with Crippen molar-refractivity contribution in [3.63, 3.8) is 0 Å². The smallest absolute Gasteiger partial charge is 0.222 e. The Morgan fingerprint density at radius 1 is 1.43 bits per heavy atom. The normalized spacial score (nSPS) is 27.8. The van der Waals surface area contributed by atoms with Gasteiger partial charge in [0.15, 0.2) is 0 Å². The first-order valence-electron chi connectivity index (χ1n) is 8.02. The molecule has 2 fully saturated rings. The van der Waals surface area contributed by atoms with Crippen LogP contribution in [0.25, 0.3) is 0 Å². The summed E-state index contributed by atoms with van der Waals surface area (Å²) >= 11 is 1.72. The van der Waals surface area contributed by atoms with Crippen LogP contribution in [-0.4, -0.2) is 51.2 Å². The van der Waals surface area contributed by atoms with E-state index in [1.54, 1.807) is 23.7 Å². The Kier molecular flexibility index (Phi) is 4.00. The summed E-state index contributed by atoms with van der Waals surface area (Å²) in [7, 11) is 0. The van der Waals surface area contributed by atoms with Gasteiger partial charge in [-0.3, -0.25) is 4.90 Å².